The molecule has 0 aromatic heterocycles. The Balaban J connectivity index is 2.99. The first-order valence-electron chi connectivity index (χ1n) is 4.31. The Morgan fingerprint density at radius 3 is 2.94 bits per heavy atom. The second-order valence-corrected chi connectivity index (χ2v) is 3.74. The van der Waals surface area contributed by atoms with Crippen molar-refractivity contribution >= 4 is 27.5 Å². The third-order valence-corrected chi connectivity index (χ3v) is 2.39. The van der Waals surface area contributed by atoms with Crippen molar-refractivity contribution in [2.75, 3.05) is 12.4 Å². The Bertz CT molecular complexity index is 454. The van der Waals surface area contributed by atoms with Crippen molar-refractivity contribution in [1.29, 1.82) is 5.26 Å². The third kappa shape index (κ3) is 2.87. The lowest BCUT2D eigenvalue weighted by Crippen LogP contribution is -2.10. The van der Waals surface area contributed by atoms with Crippen LogP contribution < -0.4 is 10.1 Å². The average Bonchev–Trinajstić information content (AvgIpc) is 2.24. The normalized spacial score (nSPS) is 9.31. The molecule has 1 rings (SSSR count). The number of ether oxygens (including phenoxy) is 1. The molecule has 0 unspecified atom stereocenters. The molecule has 0 fully saturated rings. The van der Waals surface area contributed by atoms with Crippen LogP contribution in [0.5, 0.6) is 11.5 Å². The van der Waals surface area contributed by atoms with Gasteiger partial charge >= 0.3 is 0 Å². The zero-order valence-corrected chi connectivity index (χ0v) is 10.0. The summed E-state index contributed by atoms with van der Waals surface area (Å²) in [5.41, 5.74) is 0.200. The second kappa shape index (κ2) is 5.37. The molecule has 0 aliphatic rings. The minimum absolute atomic E-state index is 0.105. The van der Waals surface area contributed by atoms with Crippen molar-refractivity contribution in [2.24, 2.45) is 0 Å². The van der Waals surface area contributed by atoms with Crippen molar-refractivity contribution in [1.82, 2.24) is 0 Å². The molecule has 0 saturated heterocycles. The van der Waals surface area contributed by atoms with Crippen LogP contribution in [0, 0.1) is 11.3 Å². The van der Waals surface area contributed by atoms with Gasteiger partial charge in [0, 0.05) is 6.07 Å². The number of phenols is 1. The molecular formula is C10H9BrN2O3. The molecule has 1 aromatic carbocycles. The van der Waals surface area contributed by atoms with Crippen LogP contribution >= 0.6 is 15.9 Å². The van der Waals surface area contributed by atoms with Crippen LogP contribution in [0.3, 0.4) is 0 Å². The molecule has 0 bridgehead atoms. The fourth-order valence-electron chi connectivity index (χ4n) is 1.05. The van der Waals surface area contributed by atoms with Crippen LogP contribution in [0.2, 0.25) is 0 Å². The number of nitriles is 1. The number of methoxy groups -OCH3 is 1. The summed E-state index contributed by atoms with van der Waals surface area (Å²) in [6.07, 6.45) is -0.270. The topological polar surface area (TPSA) is 82.3 Å². The quantitative estimate of drug-likeness (QED) is 0.832. The summed E-state index contributed by atoms with van der Waals surface area (Å²) in [5.74, 6) is -0.109. The number of amides is 1. The zero-order valence-electron chi connectivity index (χ0n) is 8.45. The van der Waals surface area contributed by atoms with Crippen LogP contribution in [0.25, 0.3) is 0 Å². The van der Waals surface area contributed by atoms with Crippen LogP contribution in [0.1, 0.15) is 6.42 Å². The van der Waals surface area contributed by atoms with E-state index in [2.05, 4.69) is 21.2 Å². The lowest BCUT2D eigenvalue weighted by Gasteiger charge is -2.09. The molecule has 2 N–H and O–H groups in total. The van der Waals surface area contributed by atoms with Crippen molar-refractivity contribution in [2.45, 2.75) is 6.42 Å². The van der Waals surface area contributed by atoms with Gasteiger partial charge in [-0.1, -0.05) is 0 Å². The van der Waals surface area contributed by atoms with Gasteiger partial charge in [-0.15, -0.1) is 0 Å². The number of rotatable bonds is 3. The number of halogens is 1. The maximum Gasteiger partial charge on any atom is 0.238 e. The van der Waals surface area contributed by atoms with Gasteiger partial charge < -0.3 is 15.2 Å². The molecular weight excluding hydrogens is 276 g/mol. The van der Waals surface area contributed by atoms with Gasteiger partial charge in [-0.3, -0.25) is 4.79 Å². The summed E-state index contributed by atoms with van der Waals surface area (Å²) in [6.45, 7) is 0. The van der Waals surface area contributed by atoms with E-state index in [1.165, 1.54) is 13.2 Å². The van der Waals surface area contributed by atoms with Gasteiger partial charge in [0.2, 0.25) is 5.91 Å². The number of nitrogens with one attached hydrogen (secondary N) is 1. The monoisotopic (exact) mass is 284 g/mol. The maximum absolute atomic E-state index is 11.2. The van der Waals surface area contributed by atoms with Crippen molar-refractivity contribution < 1.29 is 14.6 Å². The SMILES string of the molecule is COc1cc(Br)c(O)c(NC(=O)CC#N)c1. The van der Waals surface area contributed by atoms with Gasteiger partial charge in [0.25, 0.3) is 0 Å². The maximum atomic E-state index is 11.2. The fourth-order valence-corrected chi connectivity index (χ4v) is 1.49. The van der Waals surface area contributed by atoms with Crippen LogP contribution in [0.4, 0.5) is 5.69 Å². The summed E-state index contributed by atoms with van der Waals surface area (Å²) in [4.78, 5) is 11.2. The van der Waals surface area contributed by atoms with E-state index in [0.29, 0.717) is 10.2 Å². The summed E-state index contributed by atoms with van der Waals surface area (Å²) in [7, 11) is 1.47. The van der Waals surface area contributed by atoms with Crippen LogP contribution in [-0.4, -0.2) is 18.1 Å². The van der Waals surface area contributed by atoms with E-state index < -0.39 is 5.91 Å². The van der Waals surface area contributed by atoms with E-state index in [4.69, 9.17) is 10.00 Å². The molecule has 0 spiro atoms. The number of anilines is 1. The fraction of sp³-hybridized carbons (Fsp3) is 0.200. The molecule has 0 aliphatic heterocycles. The summed E-state index contributed by atoms with van der Waals surface area (Å²) >= 11 is 3.12. The number of nitrogens with zero attached hydrogens (tertiary/aromatic N) is 1. The number of aromatic hydroxyl groups is 1. The van der Waals surface area contributed by atoms with Crippen molar-refractivity contribution in [3.63, 3.8) is 0 Å². The summed E-state index contributed by atoms with van der Waals surface area (Å²) in [5, 5.41) is 20.4. The average molecular weight is 285 g/mol. The molecule has 5 nitrogen and oxygen atoms in total. The highest BCUT2D eigenvalue weighted by molar-refractivity contribution is 9.10. The highest BCUT2D eigenvalue weighted by atomic mass is 79.9. The van der Waals surface area contributed by atoms with Gasteiger partial charge in [-0.2, -0.15) is 5.26 Å². The van der Waals surface area contributed by atoms with Gasteiger partial charge in [-0.05, 0) is 22.0 Å². The van der Waals surface area contributed by atoms with Crippen LogP contribution in [0.15, 0.2) is 16.6 Å². The molecule has 0 atom stereocenters. The predicted octanol–water partition coefficient (Wildman–Crippen LogP) is 2.02. The Morgan fingerprint density at radius 1 is 1.69 bits per heavy atom. The first kappa shape index (κ1) is 12.3. The first-order chi connectivity index (χ1) is 7.58. The number of carbonyl (C=O) groups excluding carboxylic acids is 1. The lowest BCUT2D eigenvalue weighted by atomic mass is 10.2. The first-order valence-corrected chi connectivity index (χ1v) is 5.11. The van der Waals surface area contributed by atoms with Gasteiger partial charge in [-0.25, -0.2) is 0 Å². The molecule has 1 aromatic rings. The lowest BCUT2D eigenvalue weighted by molar-refractivity contribution is -0.115. The standard InChI is InChI=1S/C10H9BrN2O3/c1-16-6-4-7(11)10(15)8(5-6)13-9(14)2-3-12/h4-5,15H,2H2,1H3,(H,13,14). The van der Waals surface area contributed by atoms with E-state index in [1.54, 1.807) is 12.1 Å². The Morgan fingerprint density at radius 2 is 2.38 bits per heavy atom. The van der Waals surface area contributed by atoms with Gasteiger partial charge in [0.15, 0.2) is 5.75 Å². The van der Waals surface area contributed by atoms with E-state index in [1.807, 2.05) is 0 Å². The molecule has 0 heterocycles. The molecule has 0 saturated carbocycles. The Kier molecular flexibility index (Phi) is 4.14. The Hall–Kier alpha value is -1.74. The van der Waals surface area contributed by atoms with Crippen molar-refractivity contribution in [3.05, 3.63) is 16.6 Å². The number of hydrogen-bond acceptors (Lipinski definition) is 4. The number of carbonyl (C=O) groups is 1. The van der Waals surface area contributed by atoms with Gasteiger partial charge in [0.1, 0.15) is 12.2 Å². The number of hydrogen-bond donors (Lipinski definition) is 2. The van der Waals surface area contributed by atoms with E-state index >= 15 is 0 Å². The van der Waals surface area contributed by atoms with Crippen molar-refractivity contribution in [3.8, 4) is 17.6 Å². The molecule has 1 amide bonds. The predicted molar refractivity (Wildman–Crippen MR) is 61.2 cm³/mol. The Labute approximate surface area is 101 Å². The largest absolute Gasteiger partial charge is 0.505 e. The second-order valence-electron chi connectivity index (χ2n) is 2.89. The zero-order chi connectivity index (χ0) is 12.1. The highest BCUT2D eigenvalue weighted by Gasteiger charge is 2.11. The molecule has 16 heavy (non-hydrogen) atoms. The van der Waals surface area contributed by atoms with E-state index in [-0.39, 0.29) is 17.9 Å². The highest BCUT2D eigenvalue weighted by Crippen LogP contribution is 2.36. The molecule has 0 radical (unpaired) electrons. The van der Waals surface area contributed by atoms with Crippen LogP contribution in [-0.2, 0) is 4.79 Å². The number of phenolic OH excluding ortho intramolecular Hbond substituents is 1. The minimum Gasteiger partial charge on any atom is -0.505 e. The van der Waals surface area contributed by atoms with Gasteiger partial charge in [0.05, 0.1) is 23.3 Å². The summed E-state index contributed by atoms with van der Waals surface area (Å²) < 4.78 is 5.38. The summed E-state index contributed by atoms with van der Waals surface area (Å²) in [6, 6.07) is 4.75. The molecule has 0 aliphatic carbocycles. The smallest absolute Gasteiger partial charge is 0.238 e. The van der Waals surface area contributed by atoms with E-state index in [9.17, 15) is 9.90 Å². The third-order valence-electron chi connectivity index (χ3n) is 1.79. The number of benzene rings is 1. The molecule has 6 heteroatoms. The minimum atomic E-state index is -0.488. The molecule has 84 valence electrons. The van der Waals surface area contributed by atoms with E-state index in [0.717, 1.165) is 0 Å².